The zero-order chi connectivity index (χ0) is 23.7. The Balaban J connectivity index is 1.49. The van der Waals surface area contributed by atoms with Crippen molar-refractivity contribution in [3.63, 3.8) is 0 Å². The van der Waals surface area contributed by atoms with Gasteiger partial charge in [-0.25, -0.2) is 19.1 Å². The molecule has 0 saturated heterocycles. The fourth-order valence-electron chi connectivity index (χ4n) is 4.39. The third kappa shape index (κ3) is 2.13. The SMILES string of the molecule is N#Cc1nc2n(c1C#N)C(=O)c1cc(-c3ccc4c(c3)-c3nc(C#N)c(C#N)n3C4=O)ccc1-2. The van der Waals surface area contributed by atoms with E-state index in [-0.39, 0.29) is 34.4 Å². The molecule has 0 atom stereocenters. The van der Waals surface area contributed by atoms with E-state index < -0.39 is 11.8 Å². The van der Waals surface area contributed by atoms with E-state index in [0.717, 1.165) is 9.13 Å². The summed E-state index contributed by atoms with van der Waals surface area (Å²) in [6, 6.07) is 17.6. The van der Waals surface area contributed by atoms with Gasteiger partial charge in [-0.2, -0.15) is 21.0 Å². The molecule has 0 fully saturated rings. The number of rotatable bonds is 1. The molecule has 0 bridgehead atoms. The van der Waals surface area contributed by atoms with E-state index in [1.165, 1.54) is 0 Å². The third-order valence-electron chi connectivity index (χ3n) is 5.90. The lowest BCUT2D eigenvalue weighted by Gasteiger charge is -2.06. The number of aromatic nitrogens is 4. The first kappa shape index (κ1) is 18.9. The minimum atomic E-state index is -0.457. The molecule has 10 heteroatoms. The first-order chi connectivity index (χ1) is 16.5. The van der Waals surface area contributed by atoms with Gasteiger partial charge in [-0.15, -0.1) is 0 Å². The number of nitriles is 4. The minimum absolute atomic E-state index is 0.104. The average Bonchev–Trinajstić information content (AvgIpc) is 3.57. The lowest BCUT2D eigenvalue weighted by molar-refractivity contribution is 0.0960. The maximum absolute atomic E-state index is 13.0. The van der Waals surface area contributed by atoms with Crippen molar-refractivity contribution < 1.29 is 9.59 Å². The molecule has 0 unspecified atom stereocenters. The summed E-state index contributed by atoms with van der Waals surface area (Å²) in [5, 5.41) is 37.2. The second-order valence-corrected chi connectivity index (χ2v) is 7.51. The van der Waals surface area contributed by atoms with Crippen molar-refractivity contribution in [3.8, 4) is 58.2 Å². The maximum atomic E-state index is 13.0. The fourth-order valence-corrected chi connectivity index (χ4v) is 4.39. The first-order valence-electron chi connectivity index (χ1n) is 9.76. The average molecular weight is 438 g/mol. The van der Waals surface area contributed by atoms with Crippen LogP contribution in [0.1, 0.15) is 43.5 Å². The van der Waals surface area contributed by atoms with Crippen molar-refractivity contribution in [2.24, 2.45) is 0 Å². The van der Waals surface area contributed by atoms with Gasteiger partial charge in [0.25, 0.3) is 11.8 Å². The lowest BCUT2D eigenvalue weighted by Crippen LogP contribution is -2.09. The number of carbonyl (C=O) groups is 2. The van der Waals surface area contributed by atoms with Gasteiger partial charge in [-0.3, -0.25) is 9.59 Å². The van der Waals surface area contributed by atoms with Crippen molar-refractivity contribution in [2.45, 2.75) is 0 Å². The fraction of sp³-hybridized carbons (Fsp3) is 0. The summed E-state index contributed by atoms with van der Waals surface area (Å²) in [5.41, 5.74) is 2.58. The Kier molecular flexibility index (Phi) is 3.52. The summed E-state index contributed by atoms with van der Waals surface area (Å²) in [4.78, 5) is 34.1. The molecule has 0 radical (unpaired) electrons. The molecular formula is C24H6N8O2. The van der Waals surface area contributed by atoms with Crippen molar-refractivity contribution in [3.05, 3.63) is 70.3 Å². The normalized spacial score (nSPS) is 12.1. The van der Waals surface area contributed by atoms with Crippen LogP contribution in [0.25, 0.3) is 33.9 Å². The lowest BCUT2D eigenvalue weighted by atomic mass is 9.96. The minimum Gasteiger partial charge on any atom is -0.268 e. The van der Waals surface area contributed by atoms with Gasteiger partial charge in [0, 0.05) is 11.1 Å². The molecular weight excluding hydrogens is 432 g/mol. The second kappa shape index (κ2) is 6.34. The van der Waals surface area contributed by atoms with Gasteiger partial charge < -0.3 is 0 Å². The van der Waals surface area contributed by atoms with E-state index in [9.17, 15) is 30.6 Å². The van der Waals surface area contributed by atoms with Gasteiger partial charge in [0.1, 0.15) is 24.3 Å². The largest absolute Gasteiger partial charge is 0.268 e. The molecule has 0 spiro atoms. The molecule has 0 aliphatic carbocycles. The molecule has 6 rings (SSSR count). The van der Waals surface area contributed by atoms with Crippen molar-refractivity contribution in [1.29, 1.82) is 21.0 Å². The zero-order valence-electron chi connectivity index (χ0n) is 16.9. The topological polar surface area (TPSA) is 165 Å². The van der Waals surface area contributed by atoms with Gasteiger partial charge >= 0.3 is 0 Å². The Bertz CT molecular complexity index is 1840. The monoisotopic (exact) mass is 438 g/mol. The van der Waals surface area contributed by atoms with Crippen LogP contribution in [0, 0.1) is 45.3 Å². The van der Waals surface area contributed by atoms with E-state index in [2.05, 4.69) is 9.97 Å². The highest BCUT2D eigenvalue weighted by atomic mass is 16.2. The Morgan fingerprint density at radius 2 is 1.06 bits per heavy atom. The highest BCUT2D eigenvalue weighted by molar-refractivity contribution is 6.11. The van der Waals surface area contributed by atoms with Gasteiger partial charge in [0.05, 0.1) is 11.1 Å². The summed E-state index contributed by atoms with van der Waals surface area (Å²) in [5.74, 6) is -0.431. The number of fused-ring (bicyclic) bond motifs is 6. The molecule has 2 aromatic carbocycles. The summed E-state index contributed by atoms with van der Waals surface area (Å²) in [6.07, 6.45) is 0. The molecule has 34 heavy (non-hydrogen) atoms. The van der Waals surface area contributed by atoms with Crippen LogP contribution in [-0.4, -0.2) is 30.9 Å². The molecule has 2 aliphatic heterocycles. The van der Waals surface area contributed by atoms with E-state index in [0.29, 0.717) is 33.4 Å². The highest BCUT2D eigenvalue weighted by Gasteiger charge is 2.35. The summed E-state index contributed by atoms with van der Waals surface area (Å²) in [6.45, 7) is 0. The maximum Gasteiger partial charge on any atom is 0.265 e. The highest BCUT2D eigenvalue weighted by Crippen LogP contribution is 2.39. The molecule has 154 valence electrons. The molecule has 2 aromatic heterocycles. The van der Waals surface area contributed by atoms with Crippen LogP contribution in [0.15, 0.2) is 36.4 Å². The quantitative estimate of drug-likeness (QED) is 0.378. The number of hydrogen-bond donors (Lipinski definition) is 0. The van der Waals surface area contributed by atoms with Crippen molar-refractivity contribution in [2.75, 3.05) is 0 Å². The molecule has 0 amide bonds. The number of carbonyl (C=O) groups excluding carboxylic acids is 2. The van der Waals surface area contributed by atoms with E-state index in [1.807, 2.05) is 24.3 Å². The Morgan fingerprint density at radius 1 is 0.588 bits per heavy atom. The van der Waals surface area contributed by atoms with Crippen LogP contribution in [0.2, 0.25) is 0 Å². The molecule has 4 aromatic rings. The first-order valence-corrected chi connectivity index (χ1v) is 9.76. The van der Waals surface area contributed by atoms with Crippen molar-refractivity contribution in [1.82, 2.24) is 19.1 Å². The number of nitrogens with zero attached hydrogens (tertiary/aromatic N) is 8. The molecule has 4 heterocycles. The Labute approximate surface area is 190 Å². The Morgan fingerprint density at radius 3 is 1.59 bits per heavy atom. The van der Waals surface area contributed by atoms with Crippen LogP contribution in [-0.2, 0) is 0 Å². The van der Waals surface area contributed by atoms with Gasteiger partial charge in [0.15, 0.2) is 34.4 Å². The van der Waals surface area contributed by atoms with E-state index >= 15 is 0 Å². The number of benzene rings is 2. The Hall–Kier alpha value is -5.84. The van der Waals surface area contributed by atoms with Crippen LogP contribution >= 0.6 is 0 Å². The van der Waals surface area contributed by atoms with Gasteiger partial charge in [-0.05, 0) is 35.4 Å². The van der Waals surface area contributed by atoms with E-state index in [1.54, 1.807) is 36.4 Å². The van der Waals surface area contributed by atoms with Crippen LogP contribution in [0.5, 0.6) is 0 Å². The second-order valence-electron chi connectivity index (χ2n) is 7.51. The third-order valence-corrected chi connectivity index (χ3v) is 5.90. The summed E-state index contributed by atoms with van der Waals surface area (Å²) >= 11 is 0. The summed E-state index contributed by atoms with van der Waals surface area (Å²) < 4.78 is 2.27. The number of hydrogen-bond acceptors (Lipinski definition) is 8. The van der Waals surface area contributed by atoms with Gasteiger partial charge in [-0.1, -0.05) is 12.1 Å². The molecule has 0 N–H and O–H groups in total. The standard InChI is InChI=1S/C24H6N8O2/c25-7-17-19(9-27)31-21(29-17)13-3-1-12(6-16(13)24(31)34)11-2-4-14-15(5-11)22-30-18(8-26)20(10-28)32(22)23(14)33/h1-6H. The number of imidazole rings is 2. The van der Waals surface area contributed by atoms with Crippen LogP contribution < -0.4 is 0 Å². The van der Waals surface area contributed by atoms with Crippen LogP contribution in [0.3, 0.4) is 0 Å². The van der Waals surface area contributed by atoms with E-state index in [4.69, 9.17) is 0 Å². The van der Waals surface area contributed by atoms with Gasteiger partial charge in [0.2, 0.25) is 0 Å². The predicted molar refractivity (Wildman–Crippen MR) is 113 cm³/mol. The molecule has 10 nitrogen and oxygen atoms in total. The van der Waals surface area contributed by atoms with Crippen LogP contribution in [0.4, 0.5) is 0 Å². The molecule has 0 saturated carbocycles. The van der Waals surface area contributed by atoms with Crippen molar-refractivity contribution >= 4 is 11.8 Å². The molecule has 2 aliphatic rings. The zero-order valence-corrected chi connectivity index (χ0v) is 16.9. The smallest absolute Gasteiger partial charge is 0.265 e. The summed E-state index contributed by atoms with van der Waals surface area (Å²) in [7, 11) is 0. The predicted octanol–water partition coefficient (Wildman–Crippen LogP) is 2.57.